The third kappa shape index (κ3) is 13.2. The third-order valence-corrected chi connectivity index (χ3v) is 16.9. The molecule has 0 radical (unpaired) electrons. The van der Waals surface area contributed by atoms with E-state index in [1.165, 1.54) is 0 Å². The molecular weight excluding hydrogens is 1170 g/mol. The van der Waals surface area contributed by atoms with Gasteiger partial charge in [-0.15, -0.1) is 0 Å². The van der Waals surface area contributed by atoms with Crippen molar-refractivity contribution in [2.75, 3.05) is 76.5 Å². The molecule has 94 heavy (non-hydrogen) atoms. The Balaban J connectivity index is 1.12. The Bertz CT molecular complexity index is 4280. The van der Waals surface area contributed by atoms with E-state index < -0.39 is 0 Å². The standard InChI is InChI=1S/C82H74N4O8/c1-10-56-53-67(84(61-19-38-72(89-4)39-20-61)62-21-40-73(90-5)41-22-62)31-50-78(56)80-52-33-69(86(65-27-46-76(93-8)47-28-65)66-29-48-77(94-9)49-30-66)55-82(80)81-54-68(85(63-23-42-74(91-6)43-24-63)64-25-44-75(92-7)45-26-64)32-51-79(81)57-11-13-58(14-12-57)83(59-15-34-70(87-2)35-16-59)60-17-36-71(88-3)37-18-60/h11-55H,10H2,1-9H3. The maximum absolute atomic E-state index is 5.72. The second kappa shape index (κ2) is 28.6. The van der Waals surface area contributed by atoms with Crippen LogP contribution in [0.2, 0.25) is 0 Å². The normalized spacial score (nSPS) is 10.9. The molecule has 12 nitrogen and oxygen atoms in total. The Hall–Kier alpha value is -11.8. The second-order valence-corrected chi connectivity index (χ2v) is 22.1. The fraction of sp³-hybridized carbons (Fsp3) is 0.122. The molecule has 12 aromatic rings. The van der Waals surface area contributed by atoms with E-state index in [-0.39, 0.29) is 0 Å². The fourth-order valence-corrected chi connectivity index (χ4v) is 12.0. The van der Waals surface area contributed by atoms with Crippen LogP contribution in [0.4, 0.5) is 68.2 Å². The number of methoxy groups -OCH3 is 8. The Morgan fingerprint density at radius 3 is 0.628 bits per heavy atom. The van der Waals surface area contributed by atoms with Crippen molar-refractivity contribution in [1.82, 2.24) is 0 Å². The van der Waals surface area contributed by atoms with Crippen LogP contribution in [0.5, 0.6) is 46.0 Å². The molecule has 0 saturated heterocycles. The molecule has 0 aliphatic carbocycles. The van der Waals surface area contributed by atoms with E-state index in [2.05, 4.69) is 202 Å². The van der Waals surface area contributed by atoms with Crippen molar-refractivity contribution in [3.63, 3.8) is 0 Å². The summed E-state index contributed by atoms with van der Waals surface area (Å²) < 4.78 is 45.4. The molecule has 0 spiro atoms. The number of hydrogen-bond acceptors (Lipinski definition) is 12. The first kappa shape index (κ1) is 62.4. The minimum Gasteiger partial charge on any atom is -0.497 e. The van der Waals surface area contributed by atoms with Crippen molar-refractivity contribution < 1.29 is 37.9 Å². The van der Waals surface area contributed by atoms with Crippen LogP contribution in [0.15, 0.2) is 273 Å². The topological polar surface area (TPSA) is 86.8 Å². The zero-order valence-electron chi connectivity index (χ0n) is 54.2. The SMILES string of the molecule is CCc1cc(N(c2ccc(OC)cc2)c2ccc(OC)cc2)ccc1-c1ccc(N(c2ccc(OC)cc2)c2ccc(OC)cc2)cc1-c1cc(N(c2ccc(OC)cc2)c2ccc(OC)cc2)ccc1-c1ccc(N(c2ccc(OC)cc2)c2ccc(OC)cc2)cc1. The van der Waals surface area contributed by atoms with E-state index >= 15 is 0 Å². The second-order valence-electron chi connectivity index (χ2n) is 22.1. The summed E-state index contributed by atoms with van der Waals surface area (Å²) in [7, 11) is 13.5. The molecule has 0 atom stereocenters. The predicted octanol–water partition coefficient (Wildman–Crippen LogP) is 21.2. The molecular formula is C82H74N4O8. The van der Waals surface area contributed by atoms with Gasteiger partial charge in [-0.3, -0.25) is 0 Å². The summed E-state index contributed by atoms with van der Waals surface area (Å²) in [6, 6.07) is 94.7. The highest BCUT2D eigenvalue weighted by Gasteiger charge is 2.25. The van der Waals surface area contributed by atoms with Gasteiger partial charge in [-0.2, -0.15) is 0 Å². The van der Waals surface area contributed by atoms with Crippen LogP contribution < -0.4 is 57.5 Å². The first-order chi connectivity index (χ1) is 46.1. The van der Waals surface area contributed by atoms with Crippen LogP contribution in [0.1, 0.15) is 12.5 Å². The monoisotopic (exact) mass is 1240 g/mol. The molecule has 0 N–H and O–H groups in total. The summed E-state index contributed by atoms with van der Waals surface area (Å²) in [6.45, 7) is 2.23. The average Bonchev–Trinajstić information content (AvgIpc) is 0.772. The van der Waals surface area contributed by atoms with Gasteiger partial charge < -0.3 is 57.5 Å². The molecule has 0 amide bonds. The number of anilines is 12. The summed E-state index contributed by atoms with van der Waals surface area (Å²) in [4.78, 5) is 9.07. The van der Waals surface area contributed by atoms with Gasteiger partial charge in [-0.1, -0.05) is 37.3 Å². The third-order valence-electron chi connectivity index (χ3n) is 16.9. The van der Waals surface area contributed by atoms with Gasteiger partial charge in [-0.05, 0) is 288 Å². The molecule has 0 fully saturated rings. The summed E-state index contributed by atoms with van der Waals surface area (Å²) in [5, 5.41) is 0. The quantitative estimate of drug-likeness (QED) is 0.0577. The average molecular weight is 1240 g/mol. The molecule has 12 heteroatoms. The minimum atomic E-state index is 0.725. The summed E-state index contributed by atoms with van der Waals surface area (Å²) in [5.41, 5.74) is 18.7. The van der Waals surface area contributed by atoms with Crippen LogP contribution in [0.25, 0.3) is 33.4 Å². The number of hydrogen-bond donors (Lipinski definition) is 0. The van der Waals surface area contributed by atoms with Gasteiger partial charge in [0, 0.05) is 68.2 Å². The van der Waals surface area contributed by atoms with Gasteiger partial charge in [0.25, 0.3) is 0 Å². The molecule has 0 saturated carbocycles. The fourth-order valence-electron chi connectivity index (χ4n) is 12.0. The van der Waals surface area contributed by atoms with Crippen molar-refractivity contribution in [1.29, 1.82) is 0 Å². The summed E-state index contributed by atoms with van der Waals surface area (Å²) >= 11 is 0. The van der Waals surface area contributed by atoms with Crippen LogP contribution in [0.3, 0.4) is 0 Å². The summed E-state index contributed by atoms with van der Waals surface area (Å²) in [5.74, 6) is 6.11. The highest BCUT2D eigenvalue weighted by atomic mass is 16.5. The van der Waals surface area contributed by atoms with Gasteiger partial charge in [0.15, 0.2) is 0 Å². The zero-order valence-corrected chi connectivity index (χ0v) is 54.2. The lowest BCUT2D eigenvalue weighted by Gasteiger charge is -2.29. The van der Waals surface area contributed by atoms with Crippen LogP contribution in [-0.2, 0) is 6.42 Å². The van der Waals surface area contributed by atoms with Crippen LogP contribution >= 0.6 is 0 Å². The first-order valence-electron chi connectivity index (χ1n) is 31.0. The van der Waals surface area contributed by atoms with Crippen molar-refractivity contribution >= 4 is 68.2 Å². The molecule has 0 unspecified atom stereocenters. The molecule has 12 rings (SSSR count). The van der Waals surface area contributed by atoms with E-state index in [9.17, 15) is 0 Å². The number of aryl methyl sites for hydroxylation is 1. The largest absolute Gasteiger partial charge is 0.497 e. The van der Waals surface area contributed by atoms with E-state index in [0.717, 1.165) is 160 Å². The van der Waals surface area contributed by atoms with Gasteiger partial charge in [0.05, 0.1) is 56.9 Å². The maximum Gasteiger partial charge on any atom is 0.119 e. The molecule has 0 aliphatic rings. The van der Waals surface area contributed by atoms with Gasteiger partial charge >= 0.3 is 0 Å². The Kier molecular flexibility index (Phi) is 19.0. The molecule has 470 valence electrons. The maximum atomic E-state index is 5.72. The van der Waals surface area contributed by atoms with Crippen LogP contribution in [0, 0.1) is 0 Å². The lowest BCUT2D eigenvalue weighted by atomic mass is 9.86. The first-order valence-corrected chi connectivity index (χ1v) is 31.0. The number of ether oxygens (including phenoxy) is 8. The van der Waals surface area contributed by atoms with Crippen molar-refractivity contribution in [3.8, 4) is 79.4 Å². The molecule has 12 aromatic carbocycles. The Labute approximate surface area is 551 Å². The van der Waals surface area contributed by atoms with Crippen LogP contribution in [-0.4, -0.2) is 56.9 Å². The van der Waals surface area contributed by atoms with Gasteiger partial charge in [0.2, 0.25) is 0 Å². The van der Waals surface area contributed by atoms with Crippen molar-refractivity contribution in [2.24, 2.45) is 0 Å². The van der Waals surface area contributed by atoms with E-state index in [1.807, 2.05) is 97.1 Å². The number of rotatable bonds is 24. The highest BCUT2D eigenvalue weighted by molar-refractivity contribution is 5.98. The molecule has 0 heterocycles. The Morgan fingerprint density at radius 1 is 0.191 bits per heavy atom. The lowest BCUT2D eigenvalue weighted by Crippen LogP contribution is -2.12. The zero-order chi connectivity index (χ0) is 65.1. The number of nitrogens with zero attached hydrogens (tertiary/aromatic N) is 4. The summed E-state index contributed by atoms with van der Waals surface area (Å²) in [6.07, 6.45) is 0.725. The minimum absolute atomic E-state index is 0.725. The van der Waals surface area contributed by atoms with Crippen molar-refractivity contribution in [2.45, 2.75) is 13.3 Å². The lowest BCUT2D eigenvalue weighted by molar-refractivity contribution is 0.414. The molecule has 0 bridgehead atoms. The smallest absolute Gasteiger partial charge is 0.119 e. The molecule has 0 aromatic heterocycles. The van der Waals surface area contributed by atoms with Gasteiger partial charge in [-0.25, -0.2) is 0 Å². The predicted molar refractivity (Wildman–Crippen MR) is 383 cm³/mol. The number of benzene rings is 12. The molecule has 0 aliphatic heterocycles. The Morgan fingerprint density at radius 2 is 0.383 bits per heavy atom. The van der Waals surface area contributed by atoms with Crippen molar-refractivity contribution in [3.05, 3.63) is 279 Å². The van der Waals surface area contributed by atoms with E-state index in [0.29, 0.717) is 0 Å². The van der Waals surface area contributed by atoms with Gasteiger partial charge in [0.1, 0.15) is 46.0 Å². The van der Waals surface area contributed by atoms with E-state index in [1.54, 1.807) is 56.9 Å². The highest BCUT2D eigenvalue weighted by Crippen LogP contribution is 2.49. The van der Waals surface area contributed by atoms with E-state index in [4.69, 9.17) is 37.9 Å².